The second-order valence-corrected chi connectivity index (χ2v) is 4.31. The molecule has 1 heterocycles. The minimum Gasteiger partial charge on any atom is -0.481 e. The van der Waals surface area contributed by atoms with E-state index in [-0.39, 0.29) is 6.10 Å². The first-order valence-electron chi connectivity index (χ1n) is 5.95. The molecule has 0 spiro atoms. The van der Waals surface area contributed by atoms with Crippen molar-refractivity contribution in [1.29, 1.82) is 0 Å². The minimum absolute atomic E-state index is 0.0893. The van der Waals surface area contributed by atoms with Crippen molar-refractivity contribution in [3.63, 3.8) is 0 Å². The molecule has 90 valence electrons. The Hall–Kier alpha value is -2.09. The smallest absolute Gasteiger partial charge is 0.142 e. The van der Waals surface area contributed by atoms with Crippen molar-refractivity contribution >= 4 is 6.08 Å². The van der Waals surface area contributed by atoms with Crippen LogP contribution in [0.1, 0.15) is 22.8 Å². The molecule has 0 aliphatic carbocycles. The van der Waals surface area contributed by atoms with Gasteiger partial charge in [0.1, 0.15) is 18.5 Å². The Morgan fingerprint density at radius 2 is 1.78 bits per heavy atom. The van der Waals surface area contributed by atoms with Crippen LogP contribution in [0.3, 0.4) is 0 Å². The van der Waals surface area contributed by atoms with Gasteiger partial charge in [0.05, 0.1) is 0 Å². The maximum absolute atomic E-state index is 12.5. The number of alkyl halides is 1. The van der Waals surface area contributed by atoms with Gasteiger partial charge in [-0.05, 0) is 23.3 Å². The fourth-order valence-corrected chi connectivity index (χ4v) is 2.07. The maximum Gasteiger partial charge on any atom is 0.142 e. The van der Waals surface area contributed by atoms with E-state index in [1.165, 1.54) is 0 Å². The van der Waals surface area contributed by atoms with Crippen molar-refractivity contribution in [3.05, 3.63) is 71.3 Å². The zero-order valence-corrected chi connectivity index (χ0v) is 9.84. The van der Waals surface area contributed by atoms with Gasteiger partial charge < -0.3 is 4.74 Å². The molecule has 0 saturated heterocycles. The summed E-state index contributed by atoms with van der Waals surface area (Å²) in [7, 11) is 0. The molecule has 0 unspecified atom stereocenters. The third kappa shape index (κ3) is 2.02. The molecule has 3 rings (SSSR count). The number of halogens is 1. The summed E-state index contributed by atoms with van der Waals surface area (Å²) >= 11 is 0. The summed E-state index contributed by atoms with van der Waals surface area (Å²) in [5.41, 5.74) is 2.83. The molecule has 1 nitrogen and oxygen atoms in total. The van der Waals surface area contributed by atoms with Gasteiger partial charge in [0.15, 0.2) is 0 Å². The van der Waals surface area contributed by atoms with Gasteiger partial charge in [0.2, 0.25) is 0 Å². The fraction of sp³-hybridized carbons (Fsp3) is 0.125. The van der Waals surface area contributed by atoms with Crippen LogP contribution in [-0.2, 0) is 6.67 Å². The number of hydrogen-bond donors (Lipinski definition) is 0. The Kier molecular flexibility index (Phi) is 2.85. The summed E-state index contributed by atoms with van der Waals surface area (Å²) in [6.45, 7) is -0.426. The van der Waals surface area contributed by atoms with Gasteiger partial charge in [-0.3, -0.25) is 0 Å². The normalized spacial score (nSPS) is 17.1. The largest absolute Gasteiger partial charge is 0.481 e. The second-order valence-electron chi connectivity index (χ2n) is 4.31. The fourth-order valence-electron chi connectivity index (χ4n) is 2.07. The van der Waals surface area contributed by atoms with Crippen LogP contribution in [0, 0.1) is 0 Å². The van der Waals surface area contributed by atoms with E-state index in [9.17, 15) is 4.39 Å². The Bertz CT molecular complexity index is 572. The number of benzene rings is 2. The van der Waals surface area contributed by atoms with Crippen LogP contribution < -0.4 is 4.74 Å². The molecule has 2 heteroatoms. The highest BCUT2D eigenvalue weighted by atomic mass is 19.1. The predicted molar refractivity (Wildman–Crippen MR) is 70.1 cm³/mol. The van der Waals surface area contributed by atoms with Crippen molar-refractivity contribution in [2.24, 2.45) is 0 Å². The van der Waals surface area contributed by atoms with E-state index in [1.807, 2.05) is 42.5 Å². The Labute approximate surface area is 106 Å². The average Bonchev–Trinajstić information content (AvgIpc) is 2.47. The van der Waals surface area contributed by atoms with Gasteiger partial charge in [-0.25, -0.2) is 4.39 Å². The van der Waals surface area contributed by atoms with Crippen molar-refractivity contribution in [2.75, 3.05) is 0 Å². The quantitative estimate of drug-likeness (QED) is 0.760. The van der Waals surface area contributed by atoms with Gasteiger partial charge in [-0.1, -0.05) is 48.5 Å². The van der Waals surface area contributed by atoms with Crippen molar-refractivity contribution in [2.45, 2.75) is 12.8 Å². The summed E-state index contributed by atoms with van der Waals surface area (Å²) in [5, 5.41) is 0. The predicted octanol–water partition coefficient (Wildman–Crippen LogP) is 4.30. The van der Waals surface area contributed by atoms with Crippen molar-refractivity contribution < 1.29 is 9.13 Å². The molecule has 1 aliphatic rings. The molecule has 1 aliphatic heterocycles. The van der Waals surface area contributed by atoms with Crippen LogP contribution in [0.5, 0.6) is 5.75 Å². The highest BCUT2D eigenvalue weighted by molar-refractivity contribution is 5.60. The maximum atomic E-state index is 12.5. The number of rotatable bonds is 2. The lowest BCUT2D eigenvalue weighted by atomic mass is 10.0. The zero-order valence-electron chi connectivity index (χ0n) is 9.84. The Morgan fingerprint density at radius 3 is 2.56 bits per heavy atom. The number of hydrogen-bond acceptors (Lipinski definition) is 1. The van der Waals surface area contributed by atoms with Gasteiger partial charge in [-0.15, -0.1) is 0 Å². The summed E-state index contributed by atoms with van der Waals surface area (Å²) in [4.78, 5) is 0. The van der Waals surface area contributed by atoms with E-state index < -0.39 is 6.67 Å². The highest BCUT2D eigenvalue weighted by Gasteiger charge is 2.15. The number of fused-ring (bicyclic) bond motifs is 1. The lowest BCUT2D eigenvalue weighted by Gasteiger charge is -2.21. The van der Waals surface area contributed by atoms with Gasteiger partial charge in [0, 0.05) is 5.56 Å². The zero-order chi connectivity index (χ0) is 12.4. The van der Waals surface area contributed by atoms with E-state index in [0.717, 1.165) is 16.9 Å². The van der Waals surface area contributed by atoms with Gasteiger partial charge in [-0.2, -0.15) is 0 Å². The summed E-state index contributed by atoms with van der Waals surface area (Å²) in [6.07, 6.45) is 3.99. The van der Waals surface area contributed by atoms with Crippen LogP contribution in [0.25, 0.3) is 6.08 Å². The van der Waals surface area contributed by atoms with Crippen LogP contribution in [0.4, 0.5) is 4.39 Å². The Balaban J connectivity index is 1.87. The van der Waals surface area contributed by atoms with Crippen LogP contribution in [-0.4, -0.2) is 0 Å². The average molecular weight is 240 g/mol. The van der Waals surface area contributed by atoms with Crippen molar-refractivity contribution in [3.8, 4) is 5.75 Å². The minimum atomic E-state index is -0.426. The van der Waals surface area contributed by atoms with Crippen LogP contribution >= 0.6 is 0 Å². The number of para-hydroxylation sites is 1. The summed E-state index contributed by atoms with van der Waals surface area (Å²) in [6, 6.07) is 15.4. The van der Waals surface area contributed by atoms with E-state index >= 15 is 0 Å². The lowest BCUT2D eigenvalue weighted by molar-refractivity contribution is 0.251. The topological polar surface area (TPSA) is 9.23 Å². The molecule has 0 aromatic heterocycles. The summed E-state index contributed by atoms with van der Waals surface area (Å²) < 4.78 is 18.4. The second kappa shape index (κ2) is 4.65. The standard InChI is InChI=1S/C16H13FO/c17-11-12-5-7-14(8-6-12)16-10-9-13-3-1-2-4-15(13)18-16/h1-10,16H,11H2/t16-/m0/s1. The van der Waals surface area contributed by atoms with E-state index in [2.05, 4.69) is 6.08 Å². The number of ether oxygens (including phenoxy) is 1. The Morgan fingerprint density at radius 1 is 1.00 bits per heavy atom. The molecule has 18 heavy (non-hydrogen) atoms. The molecular weight excluding hydrogens is 227 g/mol. The van der Waals surface area contributed by atoms with Gasteiger partial charge in [0.25, 0.3) is 0 Å². The molecule has 0 radical (unpaired) electrons. The van der Waals surface area contributed by atoms with Gasteiger partial charge >= 0.3 is 0 Å². The molecule has 1 atom stereocenters. The third-order valence-corrected chi connectivity index (χ3v) is 3.09. The molecule has 2 aromatic rings. The first-order valence-corrected chi connectivity index (χ1v) is 5.95. The first kappa shape index (κ1) is 11.0. The van der Waals surface area contributed by atoms with E-state index in [4.69, 9.17) is 4.74 Å². The lowest BCUT2D eigenvalue weighted by Crippen LogP contribution is -2.08. The molecule has 0 N–H and O–H groups in total. The van der Waals surface area contributed by atoms with E-state index in [1.54, 1.807) is 12.1 Å². The van der Waals surface area contributed by atoms with Crippen LogP contribution in [0.2, 0.25) is 0 Å². The molecule has 0 bridgehead atoms. The monoisotopic (exact) mass is 240 g/mol. The molecule has 0 amide bonds. The molecular formula is C16H13FO. The summed E-state index contributed by atoms with van der Waals surface area (Å²) in [5.74, 6) is 0.888. The van der Waals surface area contributed by atoms with Crippen LogP contribution in [0.15, 0.2) is 54.6 Å². The highest BCUT2D eigenvalue weighted by Crippen LogP contribution is 2.32. The molecule has 2 aromatic carbocycles. The van der Waals surface area contributed by atoms with E-state index in [0.29, 0.717) is 5.56 Å². The molecule has 0 saturated carbocycles. The SMILES string of the molecule is FCc1ccc([C@@H]2C=Cc3ccccc3O2)cc1. The third-order valence-electron chi connectivity index (χ3n) is 3.09. The first-order chi connectivity index (χ1) is 8.86. The molecule has 0 fully saturated rings. The van der Waals surface area contributed by atoms with Crippen molar-refractivity contribution in [1.82, 2.24) is 0 Å².